The molecule has 6 heteroatoms. The van der Waals surface area contributed by atoms with E-state index in [-0.39, 0.29) is 10.7 Å². The summed E-state index contributed by atoms with van der Waals surface area (Å²) in [5.74, 6) is 0. The Balaban J connectivity index is 1.82. The van der Waals surface area contributed by atoms with Gasteiger partial charge in [0.25, 0.3) is 0 Å². The first-order valence-electron chi connectivity index (χ1n) is 10.6. The Kier molecular flexibility index (Phi) is 7.32. The lowest BCUT2D eigenvalue weighted by Gasteiger charge is -2.37. The molecule has 3 rings (SSSR count). The monoisotopic (exact) mass is 427 g/mol. The van der Waals surface area contributed by atoms with Crippen molar-refractivity contribution in [3.8, 4) is 0 Å². The van der Waals surface area contributed by atoms with Gasteiger partial charge >= 0.3 is 0 Å². The van der Waals surface area contributed by atoms with Gasteiger partial charge in [0.15, 0.2) is 0 Å². The molecule has 0 amide bonds. The van der Waals surface area contributed by atoms with Crippen LogP contribution in [0.4, 0.5) is 0 Å². The fraction of sp³-hybridized carbons (Fsp3) is 0.458. The van der Waals surface area contributed by atoms with Crippen LogP contribution in [-0.2, 0) is 29.3 Å². The first-order valence-corrected chi connectivity index (χ1v) is 12.5. The Morgan fingerprint density at radius 1 is 1.17 bits per heavy atom. The minimum atomic E-state index is -3.39. The number of benzene rings is 1. The highest BCUT2D eigenvalue weighted by Crippen LogP contribution is 2.37. The second-order valence-corrected chi connectivity index (χ2v) is 10.2. The number of aromatic nitrogens is 2. The van der Waals surface area contributed by atoms with E-state index in [2.05, 4.69) is 35.2 Å². The SMILES string of the molecule is C=CCC1(CC=C)CCCN1Cc1cnc(S(C)(=O)=O)n1CCCc1ccccc1. The van der Waals surface area contributed by atoms with Crippen molar-refractivity contribution < 1.29 is 8.42 Å². The van der Waals surface area contributed by atoms with Crippen LogP contribution in [0.1, 0.15) is 43.4 Å². The van der Waals surface area contributed by atoms with Crippen LogP contribution in [0.3, 0.4) is 0 Å². The molecule has 0 aliphatic carbocycles. The summed E-state index contributed by atoms with van der Waals surface area (Å²) in [6.45, 7) is 10.2. The smallest absolute Gasteiger partial charge is 0.227 e. The molecule has 2 heterocycles. The summed E-state index contributed by atoms with van der Waals surface area (Å²) in [5.41, 5.74) is 2.24. The molecule has 0 unspecified atom stereocenters. The fourth-order valence-corrected chi connectivity index (χ4v) is 5.51. The van der Waals surface area contributed by atoms with E-state index in [1.165, 1.54) is 11.8 Å². The molecule has 30 heavy (non-hydrogen) atoms. The summed E-state index contributed by atoms with van der Waals surface area (Å²) >= 11 is 0. The van der Waals surface area contributed by atoms with Crippen LogP contribution in [0.15, 0.2) is 67.0 Å². The van der Waals surface area contributed by atoms with Crippen molar-refractivity contribution in [2.24, 2.45) is 0 Å². The van der Waals surface area contributed by atoms with Gasteiger partial charge in [-0.3, -0.25) is 4.90 Å². The number of imidazole rings is 1. The van der Waals surface area contributed by atoms with Gasteiger partial charge < -0.3 is 4.57 Å². The van der Waals surface area contributed by atoms with Crippen LogP contribution < -0.4 is 0 Å². The molecule has 162 valence electrons. The number of sulfone groups is 1. The Bertz CT molecular complexity index is 954. The van der Waals surface area contributed by atoms with Crippen molar-refractivity contribution in [2.75, 3.05) is 12.8 Å². The van der Waals surface area contributed by atoms with Gasteiger partial charge in [-0.05, 0) is 50.6 Å². The van der Waals surface area contributed by atoms with Crippen molar-refractivity contribution in [1.29, 1.82) is 0 Å². The maximum absolute atomic E-state index is 12.3. The molecular weight excluding hydrogens is 394 g/mol. The Labute approximate surface area is 181 Å². The van der Waals surface area contributed by atoms with Gasteiger partial charge in [-0.2, -0.15) is 0 Å². The summed E-state index contributed by atoms with van der Waals surface area (Å²) < 4.78 is 26.6. The zero-order chi connectivity index (χ0) is 21.6. The predicted octanol–water partition coefficient (Wildman–Crippen LogP) is 4.41. The first kappa shape index (κ1) is 22.5. The van der Waals surface area contributed by atoms with E-state index in [1.807, 2.05) is 34.9 Å². The average molecular weight is 428 g/mol. The minimum absolute atomic E-state index is 0.0217. The highest BCUT2D eigenvalue weighted by molar-refractivity contribution is 7.90. The molecule has 1 fully saturated rings. The molecule has 2 aromatic rings. The molecule has 1 aliphatic rings. The van der Waals surface area contributed by atoms with Gasteiger partial charge in [-0.1, -0.05) is 42.5 Å². The zero-order valence-electron chi connectivity index (χ0n) is 18.0. The zero-order valence-corrected chi connectivity index (χ0v) is 18.8. The number of hydrogen-bond acceptors (Lipinski definition) is 4. The van der Waals surface area contributed by atoms with E-state index in [0.29, 0.717) is 13.1 Å². The van der Waals surface area contributed by atoms with Crippen LogP contribution in [0.25, 0.3) is 0 Å². The molecule has 1 aliphatic heterocycles. The molecular formula is C24H33N3O2S. The lowest BCUT2D eigenvalue weighted by molar-refractivity contribution is 0.130. The second kappa shape index (κ2) is 9.75. The second-order valence-electron chi connectivity index (χ2n) is 8.28. The number of nitrogens with zero attached hydrogens (tertiary/aromatic N) is 3. The number of likely N-dealkylation sites (tertiary alicyclic amines) is 1. The Morgan fingerprint density at radius 2 is 1.87 bits per heavy atom. The standard InChI is InChI=1S/C24H33N3O2S/c1-4-14-24(15-5-2)16-10-17-26(24)20-22-19-25-23(30(3,28)29)27(22)18-9-13-21-11-7-6-8-12-21/h4-8,11-12,19H,1-2,9-10,13-18,20H2,3H3. The van der Waals surface area contributed by atoms with Gasteiger partial charge in [0, 0.05) is 24.9 Å². The molecule has 1 saturated heterocycles. The molecule has 0 saturated carbocycles. The minimum Gasteiger partial charge on any atom is -0.318 e. The molecule has 0 N–H and O–H groups in total. The van der Waals surface area contributed by atoms with Gasteiger partial charge in [0.2, 0.25) is 15.0 Å². The number of aryl methyl sites for hydroxylation is 1. The van der Waals surface area contributed by atoms with Crippen LogP contribution in [0.5, 0.6) is 0 Å². The summed E-state index contributed by atoms with van der Waals surface area (Å²) in [7, 11) is -3.39. The Hall–Kier alpha value is -2.18. The van der Waals surface area contributed by atoms with Gasteiger partial charge in [-0.15, -0.1) is 13.2 Å². The van der Waals surface area contributed by atoms with E-state index >= 15 is 0 Å². The molecule has 0 bridgehead atoms. The van der Waals surface area contributed by atoms with Crippen LogP contribution >= 0.6 is 0 Å². The highest BCUT2D eigenvalue weighted by Gasteiger charge is 2.39. The molecule has 1 aromatic heterocycles. The summed E-state index contributed by atoms with van der Waals surface area (Å²) in [6, 6.07) is 10.3. The fourth-order valence-electron chi connectivity index (χ4n) is 4.66. The van der Waals surface area contributed by atoms with Gasteiger partial charge in [0.1, 0.15) is 0 Å². The average Bonchev–Trinajstić information content (AvgIpc) is 3.28. The van der Waals surface area contributed by atoms with E-state index in [1.54, 1.807) is 6.20 Å². The molecule has 0 radical (unpaired) electrons. The topological polar surface area (TPSA) is 55.2 Å². The lowest BCUT2D eigenvalue weighted by atomic mass is 9.88. The normalized spacial score (nSPS) is 16.6. The maximum atomic E-state index is 12.3. The van der Waals surface area contributed by atoms with Gasteiger partial charge in [0.05, 0.1) is 11.9 Å². The molecule has 0 atom stereocenters. The van der Waals surface area contributed by atoms with Crippen molar-refractivity contribution in [1.82, 2.24) is 14.5 Å². The van der Waals surface area contributed by atoms with E-state index in [9.17, 15) is 8.42 Å². The third-order valence-electron chi connectivity index (χ3n) is 6.07. The third-order valence-corrected chi connectivity index (χ3v) is 7.05. The van der Waals surface area contributed by atoms with E-state index in [4.69, 9.17) is 0 Å². The largest absolute Gasteiger partial charge is 0.318 e. The lowest BCUT2D eigenvalue weighted by Crippen LogP contribution is -2.43. The third kappa shape index (κ3) is 5.10. The van der Waals surface area contributed by atoms with E-state index in [0.717, 1.165) is 50.8 Å². The maximum Gasteiger partial charge on any atom is 0.227 e. The predicted molar refractivity (Wildman–Crippen MR) is 122 cm³/mol. The number of rotatable bonds is 11. The van der Waals surface area contributed by atoms with Gasteiger partial charge in [-0.25, -0.2) is 13.4 Å². The quantitative estimate of drug-likeness (QED) is 0.499. The number of hydrogen-bond donors (Lipinski definition) is 0. The highest BCUT2D eigenvalue weighted by atomic mass is 32.2. The van der Waals surface area contributed by atoms with Crippen LogP contribution in [-0.4, -0.2) is 41.2 Å². The van der Waals surface area contributed by atoms with Crippen molar-refractivity contribution >= 4 is 9.84 Å². The summed E-state index contributed by atoms with van der Waals surface area (Å²) in [5, 5.41) is 0.169. The van der Waals surface area contributed by atoms with Crippen LogP contribution in [0, 0.1) is 0 Å². The molecule has 5 nitrogen and oxygen atoms in total. The summed E-state index contributed by atoms with van der Waals surface area (Å²) in [4.78, 5) is 6.77. The van der Waals surface area contributed by atoms with Crippen molar-refractivity contribution in [3.63, 3.8) is 0 Å². The summed E-state index contributed by atoms with van der Waals surface area (Å²) in [6.07, 6.45) is 12.8. The first-order chi connectivity index (χ1) is 14.4. The van der Waals surface area contributed by atoms with E-state index < -0.39 is 9.84 Å². The van der Waals surface area contributed by atoms with Crippen LogP contribution in [0.2, 0.25) is 0 Å². The van der Waals surface area contributed by atoms with Crippen molar-refractivity contribution in [2.45, 2.75) is 62.3 Å². The Morgan fingerprint density at radius 3 is 2.50 bits per heavy atom. The van der Waals surface area contributed by atoms with Crippen molar-refractivity contribution in [3.05, 3.63) is 73.1 Å². The molecule has 0 spiro atoms. The molecule has 1 aromatic carbocycles.